The van der Waals surface area contributed by atoms with Crippen LogP contribution in [0.15, 0.2) is 77.7 Å². The Morgan fingerprint density at radius 3 is 2.37 bits per heavy atom. The van der Waals surface area contributed by atoms with Gasteiger partial charge in [0.1, 0.15) is 0 Å². The van der Waals surface area contributed by atoms with Gasteiger partial charge in [-0.1, -0.05) is 41.9 Å². The van der Waals surface area contributed by atoms with Crippen LogP contribution in [0.3, 0.4) is 0 Å². The monoisotopic (exact) mass is 460 g/mol. The second-order valence-corrected chi connectivity index (χ2v) is 9.79. The standard InChI is InChI=1S/C22H21ClN2O3S2/c1-29-21-9-4-3-8-20(21)24-22(26)17-12-10-16(11-13-17)15-25(30(2,27)28)19-7-5-6-18(23)14-19/h3-14H,15H2,1-2H3,(H,24,26). The molecule has 0 bridgehead atoms. The number of carbonyl (C=O) groups is 1. The van der Waals surface area contributed by atoms with Crippen molar-refractivity contribution in [1.82, 2.24) is 0 Å². The maximum Gasteiger partial charge on any atom is 0.255 e. The second-order valence-electron chi connectivity index (χ2n) is 6.60. The summed E-state index contributed by atoms with van der Waals surface area (Å²) >= 11 is 7.57. The average molecular weight is 461 g/mol. The van der Waals surface area contributed by atoms with Crippen molar-refractivity contribution in [2.75, 3.05) is 22.1 Å². The number of anilines is 2. The first-order chi connectivity index (χ1) is 14.3. The van der Waals surface area contributed by atoms with Gasteiger partial charge in [0.15, 0.2) is 0 Å². The average Bonchev–Trinajstić information content (AvgIpc) is 2.72. The number of carbonyl (C=O) groups excluding carboxylic acids is 1. The number of halogens is 1. The van der Waals surface area contributed by atoms with E-state index in [4.69, 9.17) is 11.6 Å². The van der Waals surface area contributed by atoms with E-state index in [2.05, 4.69) is 5.32 Å². The van der Waals surface area contributed by atoms with Crippen LogP contribution in [0.2, 0.25) is 5.02 Å². The van der Waals surface area contributed by atoms with Crippen LogP contribution in [-0.4, -0.2) is 26.8 Å². The number of thioether (sulfide) groups is 1. The summed E-state index contributed by atoms with van der Waals surface area (Å²) in [4.78, 5) is 13.6. The molecule has 0 aliphatic carbocycles. The predicted octanol–water partition coefficient (Wildman–Crippen LogP) is 5.28. The third-order valence-corrected chi connectivity index (χ3v) is 6.57. The lowest BCUT2D eigenvalue weighted by Crippen LogP contribution is -2.29. The fraction of sp³-hybridized carbons (Fsp3) is 0.136. The summed E-state index contributed by atoms with van der Waals surface area (Å²) < 4.78 is 25.9. The number of para-hydroxylation sites is 1. The summed E-state index contributed by atoms with van der Waals surface area (Å²) in [6.45, 7) is 0.135. The molecule has 1 amide bonds. The number of sulfonamides is 1. The quantitative estimate of drug-likeness (QED) is 0.487. The molecule has 3 aromatic carbocycles. The van der Waals surface area contributed by atoms with Gasteiger partial charge >= 0.3 is 0 Å². The Labute approximate surface area is 186 Å². The number of nitrogens with zero attached hydrogens (tertiary/aromatic N) is 1. The van der Waals surface area contributed by atoms with Crippen molar-refractivity contribution in [3.05, 3.63) is 88.9 Å². The maximum atomic E-state index is 12.6. The highest BCUT2D eigenvalue weighted by molar-refractivity contribution is 7.98. The fourth-order valence-electron chi connectivity index (χ4n) is 2.90. The van der Waals surface area contributed by atoms with Crippen molar-refractivity contribution in [2.24, 2.45) is 0 Å². The molecule has 0 radical (unpaired) electrons. The third-order valence-electron chi connectivity index (χ3n) is 4.39. The van der Waals surface area contributed by atoms with Crippen LogP contribution >= 0.6 is 23.4 Å². The van der Waals surface area contributed by atoms with Gasteiger partial charge in [0.25, 0.3) is 5.91 Å². The first-order valence-electron chi connectivity index (χ1n) is 9.04. The Morgan fingerprint density at radius 2 is 1.73 bits per heavy atom. The van der Waals surface area contributed by atoms with Crippen LogP contribution in [-0.2, 0) is 16.6 Å². The van der Waals surface area contributed by atoms with Crippen molar-refractivity contribution >= 4 is 50.7 Å². The van der Waals surface area contributed by atoms with E-state index >= 15 is 0 Å². The molecule has 0 saturated carbocycles. The minimum atomic E-state index is -3.51. The summed E-state index contributed by atoms with van der Waals surface area (Å²) in [5.74, 6) is -0.224. The first-order valence-corrected chi connectivity index (χ1v) is 12.5. The Morgan fingerprint density at radius 1 is 1.03 bits per heavy atom. The number of benzene rings is 3. The second kappa shape index (κ2) is 9.55. The Hall–Kier alpha value is -2.48. The van der Waals surface area contributed by atoms with E-state index in [1.807, 2.05) is 30.5 Å². The lowest BCUT2D eigenvalue weighted by molar-refractivity contribution is 0.102. The number of amides is 1. The summed E-state index contributed by atoms with van der Waals surface area (Å²) in [6, 6.07) is 21.1. The van der Waals surface area contributed by atoms with Crippen LogP contribution in [0, 0.1) is 0 Å². The molecule has 0 aromatic heterocycles. The minimum absolute atomic E-state index is 0.135. The highest BCUT2D eigenvalue weighted by Gasteiger charge is 2.18. The summed E-state index contributed by atoms with van der Waals surface area (Å²) in [6.07, 6.45) is 3.10. The molecular formula is C22H21ClN2O3S2. The van der Waals surface area contributed by atoms with Crippen molar-refractivity contribution in [1.29, 1.82) is 0 Å². The lowest BCUT2D eigenvalue weighted by Gasteiger charge is -2.22. The molecule has 3 aromatic rings. The minimum Gasteiger partial charge on any atom is -0.321 e. The zero-order valence-electron chi connectivity index (χ0n) is 16.5. The summed E-state index contributed by atoms with van der Waals surface area (Å²) in [7, 11) is -3.51. The normalized spacial score (nSPS) is 11.2. The van der Waals surface area contributed by atoms with E-state index in [0.717, 1.165) is 22.4 Å². The molecule has 156 valence electrons. The van der Waals surface area contributed by atoms with E-state index in [9.17, 15) is 13.2 Å². The van der Waals surface area contributed by atoms with Crippen molar-refractivity contribution in [3.63, 3.8) is 0 Å². The molecule has 0 saturated heterocycles. The van der Waals surface area contributed by atoms with E-state index in [-0.39, 0.29) is 12.5 Å². The highest BCUT2D eigenvalue weighted by atomic mass is 35.5. The Balaban J connectivity index is 1.78. The predicted molar refractivity (Wildman–Crippen MR) is 125 cm³/mol. The van der Waals surface area contributed by atoms with Gasteiger partial charge in [-0.3, -0.25) is 9.10 Å². The molecule has 1 N–H and O–H groups in total. The molecule has 0 aliphatic rings. The molecule has 0 aliphatic heterocycles. The zero-order chi connectivity index (χ0) is 21.7. The van der Waals surface area contributed by atoms with Crippen LogP contribution < -0.4 is 9.62 Å². The van der Waals surface area contributed by atoms with Crippen LogP contribution in [0.4, 0.5) is 11.4 Å². The van der Waals surface area contributed by atoms with Gasteiger partial charge in [-0.2, -0.15) is 0 Å². The number of nitrogens with one attached hydrogen (secondary N) is 1. The smallest absolute Gasteiger partial charge is 0.255 e. The third kappa shape index (κ3) is 5.56. The van der Waals surface area contributed by atoms with Crippen molar-refractivity contribution in [2.45, 2.75) is 11.4 Å². The van der Waals surface area contributed by atoms with E-state index in [1.54, 1.807) is 60.3 Å². The van der Waals surface area contributed by atoms with Crippen LogP contribution in [0.5, 0.6) is 0 Å². The van der Waals surface area contributed by atoms with E-state index < -0.39 is 10.0 Å². The van der Waals surface area contributed by atoms with Crippen molar-refractivity contribution in [3.8, 4) is 0 Å². The van der Waals surface area contributed by atoms with Gasteiger partial charge < -0.3 is 5.32 Å². The van der Waals surface area contributed by atoms with Gasteiger partial charge in [0.2, 0.25) is 10.0 Å². The van der Waals surface area contributed by atoms with Gasteiger partial charge in [0, 0.05) is 15.5 Å². The zero-order valence-corrected chi connectivity index (χ0v) is 18.9. The largest absolute Gasteiger partial charge is 0.321 e. The number of hydrogen-bond donors (Lipinski definition) is 1. The first kappa shape index (κ1) is 22.2. The molecule has 0 atom stereocenters. The van der Waals surface area contributed by atoms with Gasteiger partial charge in [-0.25, -0.2) is 8.42 Å². The molecule has 30 heavy (non-hydrogen) atoms. The van der Waals surface area contributed by atoms with Crippen molar-refractivity contribution < 1.29 is 13.2 Å². The van der Waals surface area contributed by atoms with E-state index in [1.165, 1.54) is 4.31 Å². The van der Waals surface area contributed by atoms with Gasteiger partial charge in [-0.15, -0.1) is 11.8 Å². The molecule has 0 fully saturated rings. The van der Waals surface area contributed by atoms with Crippen LogP contribution in [0.25, 0.3) is 0 Å². The molecular weight excluding hydrogens is 440 g/mol. The maximum absolute atomic E-state index is 12.6. The van der Waals surface area contributed by atoms with Gasteiger partial charge in [0.05, 0.1) is 24.2 Å². The Kier molecular flexibility index (Phi) is 7.07. The summed E-state index contributed by atoms with van der Waals surface area (Å²) in [5, 5.41) is 3.37. The molecule has 0 spiro atoms. The number of rotatable bonds is 7. The highest BCUT2D eigenvalue weighted by Crippen LogP contribution is 2.26. The summed E-state index contributed by atoms with van der Waals surface area (Å²) in [5.41, 5.74) is 2.48. The number of hydrogen-bond acceptors (Lipinski definition) is 4. The molecule has 3 rings (SSSR count). The molecule has 0 heterocycles. The molecule has 5 nitrogen and oxygen atoms in total. The fourth-order valence-corrected chi connectivity index (χ4v) is 4.52. The molecule has 8 heteroatoms. The topological polar surface area (TPSA) is 66.5 Å². The SMILES string of the molecule is CSc1ccccc1NC(=O)c1ccc(CN(c2cccc(Cl)c2)S(C)(=O)=O)cc1. The Bertz CT molecular complexity index is 1150. The lowest BCUT2D eigenvalue weighted by atomic mass is 10.1. The van der Waals surface area contributed by atoms with Crippen LogP contribution in [0.1, 0.15) is 15.9 Å². The van der Waals surface area contributed by atoms with Gasteiger partial charge in [-0.05, 0) is 54.3 Å². The van der Waals surface area contributed by atoms with E-state index in [0.29, 0.717) is 16.3 Å². The molecule has 0 unspecified atom stereocenters.